The molecule has 2 fully saturated rings. The zero-order chi connectivity index (χ0) is 25.1. The van der Waals surface area contributed by atoms with Crippen molar-refractivity contribution in [2.45, 2.75) is 95.6 Å². The monoisotopic (exact) mass is 538 g/mol. The summed E-state index contributed by atoms with van der Waals surface area (Å²) in [6.45, 7) is 5.06. The first kappa shape index (κ1) is 26.0. The summed E-state index contributed by atoms with van der Waals surface area (Å²) >= 11 is 3.14. The fourth-order valence-corrected chi connectivity index (χ4v) is 7.50. The van der Waals surface area contributed by atoms with Crippen molar-refractivity contribution in [1.82, 2.24) is 20.2 Å². The SMILES string of the molecule is Cc1ncc(CC(=O)N[C@H]2CC[C@H](CCN3CCc4nc(OC5CCC(F)(F)C5)sc4CC3)CC2)s1. The van der Waals surface area contributed by atoms with Crippen molar-refractivity contribution in [3.05, 3.63) is 26.7 Å². The number of halogens is 2. The van der Waals surface area contributed by atoms with Crippen LogP contribution in [0.4, 0.5) is 8.78 Å². The minimum Gasteiger partial charge on any atom is -0.466 e. The van der Waals surface area contributed by atoms with E-state index >= 15 is 0 Å². The molecular weight excluding hydrogens is 502 g/mol. The van der Waals surface area contributed by atoms with Crippen LogP contribution >= 0.6 is 22.7 Å². The van der Waals surface area contributed by atoms with Gasteiger partial charge < -0.3 is 15.0 Å². The maximum Gasteiger partial charge on any atom is 0.273 e. The first-order chi connectivity index (χ1) is 17.3. The molecule has 1 amide bonds. The van der Waals surface area contributed by atoms with E-state index in [1.54, 1.807) is 28.9 Å². The van der Waals surface area contributed by atoms with Crippen molar-refractivity contribution in [1.29, 1.82) is 0 Å². The molecule has 3 heterocycles. The Labute approximate surface area is 219 Å². The Bertz CT molecular complexity index is 1010. The van der Waals surface area contributed by atoms with Crippen molar-refractivity contribution in [2.24, 2.45) is 5.92 Å². The number of ether oxygens (including phenoxy) is 1. The lowest BCUT2D eigenvalue weighted by atomic mass is 9.84. The van der Waals surface area contributed by atoms with Crippen LogP contribution in [0, 0.1) is 12.8 Å². The van der Waals surface area contributed by atoms with Gasteiger partial charge in [0.25, 0.3) is 11.1 Å². The quantitative estimate of drug-likeness (QED) is 0.502. The Kier molecular flexibility index (Phi) is 8.22. The second kappa shape index (κ2) is 11.4. The molecule has 0 saturated heterocycles. The van der Waals surface area contributed by atoms with Gasteiger partial charge in [0.2, 0.25) is 5.91 Å². The number of rotatable bonds is 8. The van der Waals surface area contributed by atoms with E-state index in [0.29, 0.717) is 24.1 Å². The molecule has 0 aromatic carbocycles. The second-order valence-corrected chi connectivity index (χ2v) is 13.0. The van der Waals surface area contributed by atoms with Crippen molar-refractivity contribution in [3.63, 3.8) is 0 Å². The van der Waals surface area contributed by atoms with Gasteiger partial charge in [0.15, 0.2) is 0 Å². The molecule has 0 spiro atoms. The summed E-state index contributed by atoms with van der Waals surface area (Å²) in [4.78, 5) is 26.1. The van der Waals surface area contributed by atoms with Gasteiger partial charge >= 0.3 is 0 Å². The number of hydrogen-bond donors (Lipinski definition) is 1. The number of carbonyl (C=O) groups is 1. The van der Waals surface area contributed by atoms with Crippen LogP contribution in [0.3, 0.4) is 0 Å². The molecule has 10 heteroatoms. The molecule has 1 N–H and O–H groups in total. The molecule has 1 aliphatic heterocycles. The molecule has 5 rings (SSSR count). The summed E-state index contributed by atoms with van der Waals surface area (Å²) in [6.07, 6.45) is 9.50. The summed E-state index contributed by atoms with van der Waals surface area (Å²) in [5, 5.41) is 4.80. The molecule has 2 aromatic heterocycles. The van der Waals surface area contributed by atoms with Crippen LogP contribution in [-0.2, 0) is 24.1 Å². The van der Waals surface area contributed by atoms with Crippen molar-refractivity contribution >= 4 is 28.6 Å². The number of nitrogens with zero attached hydrogens (tertiary/aromatic N) is 3. The molecule has 0 radical (unpaired) electrons. The van der Waals surface area contributed by atoms with Gasteiger partial charge in [-0.05, 0) is 64.3 Å². The van der Waals surface area contributed by atoms with Crippen LogP contribution < -0.4 is 10.1 Å². The van der Waals surface area contributed by atoms with E-state index in [1.165, 1.54) is 24.1 Å². The van der Waals surface area contributed by atoms with Gasteiger partial charge in [0, 0.05) is 54.3 Å². The van der Waals surface area contributed by atoms with E-state index in [1.807, 2.05) is 6.92 Å². The maximum atomic E-state index is 13.5. The Hall–Kier alpha value is -1.65. The number of hydrogen-bond acceptors (Lipinski definition) is 7. The number of aryl methyl sites for hydroxylation is 1. The summed E-state index contributed by atoms with van der Waals surface area (Å²) in [5.74, 6) is -1.75. The Morgan fingerprint density at radius 2 is 2.00 bits per heavy atom. The molecule has 3 aliphatic rings. The smallest absolute Gasteiger partial charge is 0.273 e. The predicted molar refractivity (Wildman–Crippen MR) is 138 cm³/mol. The van der Waals surface area contributed by atoms with Crippen LogP contribution in [0.15, 0.2) is 6.20 Å². The fourth-order valence-electron chi connectivity index (χ4n) is 5.70. The first-order valence-corrected chi connectivity index (χ1v) is 14.9. The summed E-state index contributed by atoms with van der Waals surface area (Å²) in [6, 6.07) is 0.301. The summed E-state index contributed by atoms with van der Waals surface area (Å²) in [7, 11) is 0. The topological polar surface area (TPSA) is 67.4 Å². The molecule has 2 aliphatic carbocycles. The largest absolute Gasteiger partial charge is 0.466 e. The van der Waals surface area contributed by atoms with Crippen LogP contribution in [0.25, 0.3) is 0 Å². The van der Waals surface area contributed by atoms with Crippen LogP contribution in [-0.4, -0.2) is 58.5 Å². The van der Waals surface area contributed by atoms with E-state index in [0.717, 1.165) is 66.8 Å². The van der Waals surface area contributed by atoms with E-state index in [9.17, 15) is 13.6 Å². The number of alkyl halides is 2. The standard InChI is InChI=1S/C26H36F2N4O2S2/c1-17-29-16-21(35-17)14-24(33)30-19-4-2-18(3-5-19)7-11-32-12-8-22-23(9-13-32)36-25(31-22)34-20-6-10-26(27,28)15-20/h16,18-20H,2-15H2,1H3,(H,30,33)/t18-,19-,20?. The average Bonchev–Trinajstić information content (AvgIpc) is 3.48. The van der Waals surface area contributed by atoms with E-state index < -0.39 is 12.0 Å². The van der Waals surface area contributed by atoms with Gasteiger partial charge in [-0.1, -0.05) is 11.3 Å². The highest BCUT2D eigenvalue weighted by Gasteiger charge is 2.41. The predicted octanol–water partition coefficient (Wildman–Crippen LogP) is 5.18. The third kappa shape index (κ3) is 7.01. The molecule has 6 nitrogen and oxygen atoms in total. The number of amides is 1. The molecule has 2 aromatic rings. The Morgan fingerprint density at radius 3 is 2.72 bits per heavy atom. The molecule has 198 valence electrons. The fraction of sp³-hybridized carbons (Fsp3) is 0.731. The first-order valence-electron chi connectivity index (χ1n) is 13.3. The minimum absolute atomic E-state index is 0.0821. The van der Waals surface area contributed by atoms with Crippen LogP contribution in [0.1, 0.15) is 71.8 Å². The number of thiazole rings is 2. The van der Waals surface area contributed by atoms with Crippen LogP contribution in [0.5, 0.6) is 5.19 Å². The third-order valence-electron chi connectivity index (χ3n) is 7.77. The van der Waals surface area contributed by atoms with Gasteiger partial charge in [0.05, 0.1) is 17.1 Å². The third-order valence-corrected chi connectivity index (χ3v) is 9.73. The van der Waals surface area contributed by atoms with E-state index in [4.69, 9.17) is 4.74 Å². The Balaban J connectivity index is 0.994. The lowest BCUT2D eigenvalue weighted by molar-refractivity contribution is -0.121. The summed E-state index contributed by atoms with van der Waals surface area (Å²) < 4.78 is 32.7. The Morgan fingerprint density at radius 1 is 1.19 bits per heavy atom. The zero-order valence-electron chi connectivity index (χ0n) is 20.9. The van der Waals surface area contributed by atoms with Gasteiger partial charge in [-0.2, -0.15) is 0 Å². The average molecular weight is 539 g/mol. The van der Waals surface area contributed by atoms with Gasteiger partial charge in [-0.3, -0.25) is 4.79 Å². The molecule has 0 bridgehead atoms. The highest BCUT2D eigenvalue weighted by molar-refractivity contribution is 7.13. The zero-order valence-corrected chi connectivity index (χ0v) is 22.6. The highest BCUT2D eigenvalue weighted by Crippen LogP contribution is 2.38. The second-order valence-electron chi connectivity index (χ2n) is 10.6. The van der Waals surface area contributed by atoms with Gasteiger partial charge in [0.1, 0.15) is 6.10 Å². The molecule has 1 unspecified atom stereocenters. The lowest BCUT2D eigenvalue weighted by Crippen LogP contribution is -2.38. The van der Waals surface area contributed by atoms with E-state index in [2.05, 4.69) is 20.2 Å². The molecule has 36 heavy (non-hydrogen) atoms. The maximum absolute atomic E-state index is 13.5. The summed E-state index contributed by atoms with van der Waals surface area (Å²) in [5.41, 5.74) is 1.09. The molecule has 1 atom stereocenters. The van der Waals surface area contributed by atoms with Crippen molar-refractivity contribution in [2.75, 3.05) is 19.6 Å². The molecular formula is C26H36F2N4O2S2. The minimum atomic E-state index is -2.59. The van der Waals surface area contributed by atoms with Gasteiger partial charge in [-0.25, -0.2) is 18.7 Å². The number of fused-ring (bicyclic) bond motifs is 1. The number of aromatic nitrogens is 2. The van der Waals surface area contributed by atoms with Crippen molar-refractivity contribution < 1.29 is 18.3 Å². The number of nitrogens with one attached hydrogen (secondary N) is 1. The van der Waals surface area contributed by atoms with Crippen LogP contribution in [0.2, 0.25) is 0 Å². The molecule has 2 saturated carbocycles. The normalized spacial score (nSPS) is 26.4. The highest BCUT2D eigenvalue weighted by atomic mass is 32.1. The number of carbonyl (C=O) groups excluding carboxylic acids is 1. The van der Waals surface area contributed by atoms with E-state index in [-0.39, 0.29) is 18.7 Å². The van der Waals surface area contributed by atoms with Gasteiger partial charge in [-0.15, -0.1) is 11.3 Å². The lowest BCUT2D eigenvalue weighted by Gasteiger charge is -2.30. The van der Waals surface area contributed by atoms with Crippen molar-refractivity contribution in [3.8, 4) is 5.19 Å².